The van der Waals surface area contributed by atoms with Crippen molar-refractivity contribution in [1.29, 1.82) is 0 Å². The van der Waals surface area contributed by atoms with Gasteiger partial charge in [-0.05, 0) is 17.9 Å². The number of rotatable bonds is 5. The van der Waals surface area contributed by atoms with Crippen LogP contribution in [0, 0.1) is 5.92 Å². The first-order valence-electron chi connectivity index (χ1n) is 5.90. The van der Waals surface area contributed by atoms with E-state index in [1.165, 1.54) is 12.0 Å². The Morgan fingerprint density at radius 2 is 1.60 bits per heavy atom. The molecule has 0 radical (unpaired) electrons. The van der Waals surface area contributed by atoms with Gasteiger partial charge in [-0.3, -0.25) is 0 Å². The molecule has 0 aliphatic carbocycles. The normalized spacial score (nSPS) is 13.5. The van der Waals surface area contributed by atoms with Crippen LogP contribution in [0.2, 0.25) is 0 Å². The number of nitrogens with one attached hydrogen (secondary N) is 1. The summed E-state index contributed by atoms with van der Waals surface area (Å²) in [7, 11) is 0. The Bertz CT molecular complexity index is 254. The largest absolute Gasteiger partial charge is 0.308 e. The van der Waals surface area contributed by atoms with E-state index in [0.29, 0.717) is 12.1 Å². The average molecular weight is 205 g/mol. The second-order valence-electron chi connectivity index (χ2n) is 4.91. The van der Waals surface area contributed by atoms with Crippen LogP contribution >= 0.6 is 0 Å². The van der Waals surface area contributed by atoms with E-state index < -0.39 is 0 Å². The first-order chi connectivity index (χ1) is 7.09. The Morgan fingerprint density at radius 1 is 1.00 bits per heavy atom. The molecule has 0 aliphatic rings. The van der Waals surface area contributed by atoms with Gasteiger partial charge in [0.15, 0.2) is 0 Å². The molecule has 1 atom stereocenters. The molecule has 0 amide bonds. The first kappa shape index (κ1) is 12.3. The quantitative estimate of drug-likeness (QED) is 0.771. The predicted molar refractivity (Wildman–Crippen MR) is 66.9 cm³/mol. The molecule has 0 fully saturated rings. The molecule has 15 heavy (non-hydrogen) atoms. The van der Waals surface area contributed by atoms with Crippen LogP contribution in [0.4, 0.5) is 0 Å². The Kier molecular flexibility index (Phi) is 4.83. The number of hydrogen-bond acceptors (Lipinski definition) is 1. The lowest BCUT2D eigenvalue weighted by molar-refractivity contribution is 0.401. The van der Waals surface area contributed by atoms with Gasteiger partial charge in [-0.2, -0.15) is 0 Å². The molecular formula is C14H23N. The van der Waals surface area contributed by atoms with E-state index in [9.17, 15) is 0 Å². The van der Waals surface area contributed by atoms with E-state index in [0.717, 1.165) is 5.92 Å². The zero-order valence-electron chi connectivity index (χ0n) is 10.3. The smallest absolute Gasteiger partial charge is 0.0324 e. The van der Waals surface area contributed by atoms with Gasteiger partial charge in [0.25, 0.3) is 0 Å². The summed E-state index contributed by atoms with van der Waals surface area (Å²) in [5.41, 5.74) is 1.40. The van der Waals surface area contributed by atoms with Crippen molar-refractivity contribution in [2.45, 2.75) is 46.2 Å². The molecule has 1 rings (SSSR count). The molecule has 0 heterocycles. The molecule has 1 aromatic carbocycles. The fourth-order valence-electron chi connectivity index (χ4n) is 1.86. The maximum Gasteiger partial charge on any atom is 0.0324 e. The summed E-state index contributed by atoms with van der Waals surface area (Å²) < 4.78 is 0. The van der Waals surface area contributed by atoms with Crippen LogP contribution in [-0.4, -0.2) is 6.04 Å². The molecule has 0 aliphatic heterocycles. The minimum absolute atomic E-state index is 0.492. The van der Waals surface area contributed by atoms with E-state index in [4.69, 9.17) is 0 Å². The van der Waals surface area contributed by atoms with Gasteiger partial charge in [-0.15, -0.1) is 0 Å². The Morgan fingerprint density at radius 3 is 2.07 bits per heavy atom. The van der Waals surface area contributed by atoms with Gasteiger partial charge in [-0.1, -0.05) is 58.0 Å². The summed E-state index contributed by atoms with van der Waals surface area (Å²) in [4.78, 5) is 0. The van der Waals surface area contributed by atoms with Crippen LogP contribution < -0.4 is 5.32 Å². The van der Waals surface area contributed by atoms with Gasteiger partial charge in [0.2, 0.25) is 0 Å². The highest BCUT2D eigenvalue weighted by atomic mass is 14.9. The van der Waals surface area contributed by atoms with E-state index in [-0.39, 0.29) is 0 Å². The second-order valence-corrected chi connectivity index (χ2v) is 4.91. The Hall–Kier alpha value is -0.820. The third-order valence-electron chi connectivity index (χ3n) is 2.44. The van der Waals surface area contributed by atoms with Gasteiger partial charge in [0.05, 0.1) is 0 Å². The Labute approximate surface area is 93.9 Å². The molecule has 0 saturated carbocycles. The molecular weight excluding hydrogens is 182 g/mol. The highest BCUT2D eigenvalue weighted by Gasteiger charge is 2.13. The molecule has 0 saturated heterocycles. The standard InChI is InChI=1S/C14H23N/c1-11(2)10-14(15-12(3)4)13-8-6-5-7-9-13/h5-9,11-12,14-15H,10H2,1-4H3/t14-/m0/s1. The molecule has 1 heteroatoms. The van der Waals surface area contributed by atoms with Crippen molar-refractivity contribution < 1.29 is 0 Å². The van der Waals surface area contributed by atoms with E-state index in [2.05, 4.69) is 63.3 Å². The van der Waals surface area contributed by atoms with E-state index >= 15 is 0 Å². The van der Waals surface area contributed by atoms with E-state index in [1.807, 2.05) is 0 Å². The summed E-state index contributed by atoms with van der Waals surface area (Å²) >= 11 is 0. The molecule has 84 valence electrons. The van der Waals surface area contributed by atoms with Gasteiger partial charge < -0.3 is 5.32 Å². The monoisotopic (exact) mass is 205 g/mol. The highest BCUT2D eigenvalue weighted by Crippen LogP contribution is 2.21. The molecule has 0 unspecified atom stereocenters. The summed E-state index contributed by atoms with van der Waals surface area (Å²) in [5, 5.41) is 3.63. The highest BCUT2D eigenvalue weighted by molar-refractivity contribution is 5.19. The zero-order valence-corrected chi connectivity index (χ0v) is 10.3. The SMILES string of the molecule is CC(C)C[C@H](NC(C)C)c1ccccc1. The lowest BCUT2D eigenvalue weighted by Crippen LogP contribution is -2.29. The maximum absolute atomic E-state index is 3.63. The summed E-state index contributed by atoms with van der Waals surface area (Å²) in [6.45, 7) is 8.96. The summed E-state index contributed by atoms with van der Waals surface area (Å²) in [6.07, 6.45) is 1.20. The van der Waals surface area contributed by atoms with Crippen molar-refractivity contribution >= 4 is 0 Å². The van der Waals surface area contributed by atoms with Crippen LogP contribution in [0.5, 0.6) is 0 Å². The van der Waals surface area contributed by atoms with Crippen LogP contribution in [0.1, 0.15) is 45.7 Å². The van der Waals surface area contributed by atoms with Crippen LogP contribution in [0.25, 0.3) is 0 Å². The minimum atomic E-state index is 0.492. The number of benzene rings is 1. The maximum atomic E-state index is 3.63. The van der Waals surface area contributed by atoms with Gasteiger partial charge >= 0.3 is 0 Å². The van der Waals surface area contributed by atoms with Crippen molar-refractivity contribution in [2.75, 3.05) is 0 Å². The van der Waals surface area contributed by atoms with Gasteiger partial charge in [-0.25, -0.2) is 0 Å². The zero-order chi connectivity index (χ0) is 11.3. The first-order valence-corrected chi connectivity index (χ1v) is 5.90. The van der Waals surface area contributed by atoms with Crippen molar-refractivity contribution in [2.24, 2.45) is 5.92 Å². The third-order valence-corrected chi connectivity index (χ3v) is 2.44. The number of hydrogen-bond donors (Lipinski definition) is 1. The molecule has 0 aromatic heterocycles. The van der Waals surface area contributed by atoms with Gasteiger partial charge in [0.1, 0.15) is 0 Å². The summed E-state index contributed by atoms with van der Waals surface area (Å²) in [6, 6.07) is 11.8. The second kappa shape index (κ2) is 5.92. The Balaban J connectivity index is 2.72. The van der Waals surface area contributed by atoms with Gasteiger partial charge in [0, 0.05) is 12.1 Å². The van der Waals surface area contributed by atoms with Crippen LogP contribution in [-0.2, 0) is 0 Å². The summed E-state index contributed by atoms with van der Waals surface area (Å²) in [5.74, 6) is 0.724. The van der Waals surface area contributed by atoms with Crippen molar-refractivity contribution in [3.05, 3.63) is 35.9 Å². The molecule has 0 spiro atoms. The lowest BCUT2D eigenvalue weighted by Gasteiger charge is -2.23. The fourth-order valence-corrected chi connectivity index (χ4v) is 1.86. The minimum Gasteiger partial charge on any atom is -0.308 e. The third kappa shape index (κ3) is 4.48. The van der Waals surface area contributed by atoms with Crippen LogP contribution in [0.15, 0.2) is 30.3 Å². The average Bonchev–Trinajstić information content (AvgIpc) is 2.17. The van der Waals surface area contributed by atoms with Crippen LogP contribution in [0.3, 0.4) is 0 Å². The van der Waals surface area contributed by atoms with Crippen molar-refractivity contribution in [1.82, 2.24) is 5.32 Å². The molecule has 1 N–H and O–H groups in total. The fraction of sp³-hybridized carbons (Fsp3) is 0.571. The van der Waals surface area contributed by atoms with E-state index in [1.54, 1.807) is 0 Å². The molecule has 1 aromatic rings. The predicted octanol–water partition coefficient (Wildman–Crippen LogP) is 3.77. The molecule has 0 bridgehead atoms. The topological polar surface area (TPSA) is 12.0 Å². The van der Waals surface area contributed by atoms with Crippen molar-refractivity contribution in [3.8, 4) is 0 Å². The lowest BCUT2D eigenvalue weighted by atomic mass is 9.96. The molecule has 1 nitrogen and oxygen atoms in total. The van der Waals surface area contributed by atoms with Crippen molar-refractivity contribution in [3.63, 3.8) is 0 Å².